The maximum Gasteiger partial charge on any atom is 0.259 e. The highest BCUT2D eigenvalue weighted by Gasteiger charge is 2.12. The fourth-order valence-corrected chi connectivity index (χ4v) is 1.39. The lowest BCUT2D eigenvalue weighted by Crippen LogP contribution is -2.11. The summed E-state index contributed by atoms with van der Waals surface area (Å²) in [7, 11) is 1.72. The summed E-state index contributed by atoms with van der Waals surface area (Å²) >= 11 is 0. The van der Waals surface area contributed by atoms with Gasteiger partial charge in [-0.15, -0.1) is 0 Å². The van der Waals surface area contributed by atoms with Crippen molar-refractivity contribution in [3.8, 4) is 11.5 Å². The van der Waals surface area contributed by atoms with Gasteiger partial charge in [0.15, 0.2) is 0 Å². The van der Waals surface area contributed by atoms with Crippen LogP contribution in [0.2, 0.25) is 0 Å². The van der Waals surface area contributed by atoms with Crippen molar-refractivity contribution in [3.05, 3.63) is 36.2 Å². The number of nitrogens with zero attached hydrogens (tertiary/aromatic N) is 2. The number of nitrogens with one attached hydrogen (secondary N) is 1. The predicted molar refractivity (Wildman–Crippen MR) is 60.9 cm³/mol. The number of phenols is 2. The number of carbonyl (C=O) groups is 1. The Labute approximate surface area is 97.1 Å². The number of aromatic hydroxyl groups is 2. The third-order valence-corrected chi connectivity index (χ3v) is 2.19. The summed E-state index contributed by atoms with van der Waals surface area (Å²) in [5.74, 6) is -0.783. The number of phenolic OH excluding ortho intramolecular Hbond substituents is 2. The number of rotatable bonds is 2. The van der Waals surface area contributed by atoms with E-state index in [0.717, 1.165) is 0 Å². The molecule has 6 nitrogen and oxygen atoms in total. The first-order valence-electron chi connectivity index (χ1n) is 4.88. The van der Waals surface area contributed by atoms with Crippen LogP contribution in [0.25, 0.3) is 0 Å². The Morgan fingerprint density at radius 2 is 2.18 bits per heavy atom. The van der Waals surface area contributed by atoms with E-state index in [0.29, 0.717) is 5.69 Å². The standard InChI is InChI=1S/C11H11N3O3/c1-14-6-7(5-12-14)13-11(17)9-4-8(15)2-3-10(9)16/h2-6,15-16H,1H3,(H,13,17). The Kier molecular flexibility index (Phi) is 2.70. The molecular formula is C11H11N3O3. The van der Waals surface area contributed by atoms with Gasteiger partial charge in [-0.05, 0) is 18.2 Å². The quantitative estimate of drug-likeness (QED) is 0.677. The van der Waals surface area contributed by atoms with Crippen molar-refractivity contribution in [1.82, 2.24) is 9.78 Å². The molecule has 0 fully saturated rings. The van der Waals surface area contributed by atoms with Crippen LogP contribution in [0.4, 0.5) is 5.69 Å². The van der Waals surface area contributed by atoms with Crippen LogP contribution in [-0.2, 0) is 7.05 Å². The van der Waals surface area contributed by atoms with Gasteiger partial charge in [-0.2, -0.15) is 5.10 Å². The molecule has 0 aliphatic carbocycles. The van der Waals surface area contributed by atoms with E-state index in [1.54, 1.807) is 13.2 Å². The summed E-state index contributed by atoms with van der Waals surface area (Å²) in [6, 6.07) is 3.75. The van der Waals surface area contributed by atoms with Gasteiger partial charge in [0.2, 0.25) is 0 Å². The van der Waals surface area contributed by atoms with Gasteiger partial charge >= 0.3 is 0 Å². The molecule has 0 saturated heterocycles. The van der Waals surface area contributed by atoms with E-state index in [4.69, 9.17) is 0 Å². The normalized spacial score (nSPS) is 10.2. The molecule has 0 radical (unpaired) electrons. The van der Waals surface area contributed by atoms with Gasteiger partial charge in [0.25, 0.3) is 5.91 Å². The van der Waals surface area contributed by atoms with E-state index in [2.05, 4.69) is 10.4 Å². The van der Waals surface area contributed by atoms with Crippen LogP contribution in [0.5, 0.6) is 11.5 Å². The predicted octanol–water partition coefficient (Wildman–Crippen LogP) is 1.08. The van der Waals surface area contributed by atoms with Gasteiger partial charge in [0.05, 0.1) is 17.4 Å². The number of hydrogen-bond donors (Lipinski definition) is 3. The van der Waals surface area contributed by atoms with E-state index in [9.17, 15) is 15.0 Å². The lowest BCUT2D eigenvalue weighted by Gasteiger charge is -2.05. The van der Waals surface area contributed by atoms with Crippen molar-refractivity contribution in [1.29, 1.82) is 0 Å². The summed E-state index contributed by atoms with van der Waals surface area (Å²) in [5.41, 5.74) is 0.522. The number of amides is 1. The molecule has 17 heavy (non-hydrogen) atoms. The van der Waals surface area contributed by atoms with E-state index in [1.165, 1.54) is 29.1 Å². The third kappa shape index (κ3) is 2.36. The second-order valence-electron chi connectivity index (χ2n) is 3.56. The van der Waals surface area contributed by atoms with Crippen LogP contribution in [0.1, 0.15) is 10.4 Å². The zero-order valence-electron chi connectivity index (χ0n) is 9.08. The Morgan fingerprint density at radius 1 is 1.41 bits per heavy atom. The second kappa shape index (κ2) is 4.17. The maximum absolute atomic E-state index is 11.8. The van der Waals surface area contributed by atoms with Gasteiger partial charge in [-0.1, -0.05) is 0 Å². The fourth-order valence-electron chi connectivity index (χ4n) is 1.39. The number of aromatic nitrogens is 2. The van der Waals surface area contributed by atoms with Crippen LogP contribution in [0.15, 0.2) is 30.6 Å². The maximum atomic E-state index is 11.8. The minimum atomic E-state index is -0.508. The van der Waals surface area contributed by atoms with Gasteiger partial charge in [0.1, 0.15) is 11.5 Å². The van der Waals surface area contributed by atoms with Crippen molar-refractivity contribution >= 4 is 11.6 Å². The molecule has 88 valence electrons. The van der Waals surface area contributed by atoms with Gasteiger partial charge in [-0.25, -0.2) is 0 Å². The van der Waals surface area contributed by atoms with Gasteiger partial charge < -0.3 is 15.5 Å². The third-order valence-electron chi connectivity index (χ3n) is 2.19. The first-order chi connectivity index (χ1) is 8.06. The Bertz CT molecular complexity index is 563. The summed E-state index contributed by atoms with van der Waals surface area (Å²) in [5, 5.41) is 25.2. The molecule has 1 heterocycles. The zero-order valence-corrected chi connectivity index (χ0v) is 9.08. The molecule has 0 spiro atoms. The topological polar surface area (TPSA) is 87.4 Å². The molecule has 6 heteroatoms. The van der Waals surface area contributed by atoms with E-state index >= 15 is 0 Å². The first-order valence-corrected chi connectivity index (χ1v) is 4.88. The average molecular weight is 233 g/mol. The smallest absolute Gasteiger partial charge is 0.259 e. The Balaban J connectivity index is 2.22. The molecule has 2 rings (SSSR count). The van der Waals surface area contributed by atoms with Crippen molar-refractivity contribution in [2.75, 3.05) is 5.32 Å². The summed E-state index contributed by atoms with van der Waals surface area (Å²) in [4.78, 5) is 11.8. The lowest BCUT2D eigenvalue weighted by atomic mass is 10.2. The SMILES string of the molecule is Cn1cc(NC(=O)c2cc(O)ccc2O)cn1. The Morgan fingerprint density at radius 3 is 2.82 bits per heavy atom. The second-order valence-corrected chi connectivity index (χ2v) is 3.56. The Hall–Kier alpha value is -2.50. The number of carbonyl (C=O) groups excluding carboxylic acids is 1. The van der Waals surface area contributed by atoms with E-state index in [1.807, 2.05) is 0 Å². The van der Waals surface area contributed by atoms with Crippen LogP contribution >= 0.6 is 0 Å². The van der Waals surface area contributed by atoms with Crippen molar-refractivity contribution in [3.63, 3.8) is 0 Å². The fraction of sp³-hybridized carbons (Fsp3) is 0.0909. The highest BCUT2D eigenvalue weighted by atomic mass is 16.3. The van der Waals surface area contributed by atoms with Crippen LogP contribution < -0.4 is 5.32 Å². The summed E-state index contributed by atoms with van der Waals surface area (Å²) < 4.78 is 1.54. The van der Waals surface area contributed by atoms with E-state index in [-0.39, 0.29) is 17.1 Å². The largest absolute Gasteiger partial charge is 0.508 e. The molecule has 1 aromatic heterocycles. The zero-order chi connectivity index (χ0) is 12.4. The lowest BCUT2D eigenvalue weighted by molar-refractivity contribution is 0.102. The van der Waals surface area contributed by atoms with Gasteiger partial charge in [-0.3, -0.25) is 9.48 Å². The summed E-state index contributed by atoms with van der Waals surface area (Å²) in [6.07, 6.45) is 3.11. The molecule has 3 N–H and O–H groups in total. The minimum absolute atomic E-state index is 0.00820. The summed E-state index contributed by atoms with van der Waals surface area (Å²) in [6.45, 7) is 0. The van der Waals surface area contributed by atoms with Crippen LogP contribution in [-0.4, -0.2) is 25.9 Å². The monoisotopic (exact) mass is 233 g/mol. The van der Waals surface area contributed by atoms with E-state index < -0.39 is 5.91 Å². The molecule has 1 amide bonds. The molecule has 1 aromatic carbocycles. The molecule has 0 atom stereocenters. The number of anilines is 1. The van der Waals surface area contributed by atoms with Gasteiger partial charge in [0, 0.05) is 13.2 Å². The average Bonchev–Trinajstić information content (AvgIpc) is 2.67. The molecule has 0 bridgehead atoms. The molecule has 2 aromatic rings. The highest BCUT2D eigenvalue weighted by molar-refractivity contribution is 6.06. The first kappa shape index (κ1) is 11.0. The van der Waals surface area contributed by atoms with Crippen molar-refractivity contribution < 1.29 is 15.0 Å². The molecule has 0 aliphatic heterocycles. The van der Waals surface area contributed by atoms with Crippen molar-refractivity contribution in [2.45, 2.75) is 0 Å². The van der Waals surface area contributed by atoms with Crippen LogP contribution in [0, 0.1) is 0 Å². The van der Waals surface area contributed by atoms with Crippen molar-refractivity contribution in [2.24, 2.45) is 7.05 Å². The van der Waals surface area contributed by atoms with Crippen LogP contribution in [0.3, 0.4) is 0 Å². The molecule has 0 saturated carbocycles. The molecular weight excluding hydrogens is 222 g/mol. The molecule has 0 aliphatic rings. The number of aryl methyl sites for hydroxylation is 1. The molecule has 0 unspecified atom stereocenters. The number of hydrogen-bond acceptors (Lipinski definition) is 4. The number of benzene rings is 1. The highest BCUT2D eigenvalue weighted by Crippen LogP contribution is 2.22. The minimum Gasteiger partial charge on any atom is -0.508 e.